The van der Waals surface area contributed by atoms with Crippen LogP contribution in [0.1, 0.15) is 17.7 Å². The molecule has 1 aliphatic rings. The predicted octanol–water partition coefficient (Wildman–Crippen LogP) is 5.14. The molecule has 1 unspecified atom stereocenters. The molecular weight excluding hydrogens is 438 g/mol. The number of carboxylic acids is 1. The molecule has 0 aliphatic carbocycles. The van der Waals surface area contributed by atoms with Gasteiger partial charge in [-0.05, 0) is 49.1 Å². The van der Waals surface area contributed by atoms with Gasteiger partial charge in [-0.1, -0.05) is 28.1 Å². The van der Waals surface area contributed by atoms with Crippen molar-refractivity contribution in [1.29, 1.82) is 0 Å². The van der Waals surface area contributed by atoms with Crippen molar-refractivity contribution < 1.29 is 9.90 Å². The number of anilines is 1. The Hall–Kier alpha value is -1.70. The zero-order valence-electron chi connectivity index (χ0n) is 13.9. The smallest absolute Gasteiger partial charge is 0.326 e. The number of carbonyl (C=O) groups is 1. The number of aryl methyl sites for hydroxylation is 1. The van der Waals surface area contributed by atoms with Crippen LogP contribution in [-0.4, -0.2) is 33.6 Å². The molecule has 4 rings (SSSR count). The third kappa shape index (κ3) is 2.98. The Balaban J connectivity index is 1.98. The molecule has 0 amide bonds. The number of benzene rings is 1. The van der Waals surface area contributed by atoms with E-state index in [0.29, 0.717) is 18.8 Å². The topological polar surface area (TPSA) is 66.3 Å². The average Bonchev–Trinajstić information content (AvgIpc) is 3.19. The number of aromatic nitrogens is 2. The summed E-state index contributed by atoms with van der Waals surface area (Å²) in [6, 6.07) is 7.47. The van der Waals surface area contributed by atoms with Crippen LogP contribution in [0.25, 0.3) is 21.3 Å². The van der Waals surface area contributed by atoms with E-state index >= 15 is 0 Å². The third-order valence-corrected chi connectivity index (χ3v) is 6.32. The average molecular weight is 453 g/mol. The number of hydrogen-bond acceptors (Lipinski definition) is 5. The van der Waals surface area contributed by atoms with Gasteiger partial charge in [0.2, 0.25) is 5.28 Å². The Kier molecular flexibility index (Phi) is 4.62. The van der Waals surface area contributed by atoms with E-state index in [2.05, 4.69) is 25.9 Å². The van der Waals surface area contributed by atoms with Gasteiger partial charge in [0.25, 0.3) is 0 Å². The minimum Gasteiger partial charge on any atom is -0.480 e. The lowest BCUT2D eigenvalue weighted by molar-refractivity contribution is -0.138. The maximum Gasteiger partial charge on any atom is 0.326 e. The van der Waals surface area contributed by atoms with Crippen molar-refractivity contribution in [3.05, 3.63) is 38.9 Å². The van der Waals surface area contributed by atoms with Gasteiger partial charge in [-0.25, -0.2) is 9.78 Å². The first kappa shape index (κ1) is 17.7. The highest BCUT2D eigenvalue weighted by molar-refractivity contribution is 9.10. The van der Waals surface area contributed by atoms with E-state index in [1.54, 1.807) is 11.3 Å². The molecule has 8 heteroatoms. The summed E-state index contributed by atoms with van der Waals surface area (Å²) in [6.45, 7) is 2.69. The fourth-order valence-electron chi connectivity index (χ4n) is 3.52. The summed E-state index contributed by atoms with van der Waals surface area (Å²) in [5, 5.41) is 10.6. The molecule has 26 heavy (non-hydrogen) atoms. The Morgan fingerprint density at radius 1 is 1.35 bits per heavy atom. The van der Waals surface area contributed by atoms with Crippen molar-refractivity contribution >= 4 is 60.9 Å². The van der Waals surface area contributed by atoms with Crippen LogP contribution in [0.5, 0.6) is 0 Å². The van der Waals surface area contributed by atoms with Crippen molar-refractivity contribution in [2.45, 2.75) is 25.8 Å². The van der Waals surface area contributed by atoms with E-state index in [-0.39, 0.29) is 5.28 Å². The number of nitrogens with zero attached hydrogens (tertiary/aromatic N) is 3. The van der Waals surface area contributed by atoms with Gasteiger partial charge < -0.3 is 10.0 Å². The maximum absolute atomic E-state index is 11.7. The van der Waals surface area contributed by atoms with Crippen LogP contribution in [0.3, 0.4) is 0 Å². The molecule has 0 saturated carbocycles. The first-order valence-corrected chi connectivity index (χ1v) is 10.2. The Morgan fingerprint density at radius 2 is 2.08 bits per heavy atom. The minimum atomic E-state index is -0.831. The number of carboxylic acid groups (broad SMARTS) is 1. The van der Waals surface area contributed by atoms with E-state index in [9.17, 15) is 9.90 Å². The molecule has 1 fully saturated rings. The summed E-state index contributed by atoms with van der Waals surface area (Å²) < 4.78 is 1.00. The molecule has 134 valence electrons. The molecular formula is C18H15BrClN3O2S. The SMILES string of the molecule is Cc1sc2nc(Cl)nc(N3CCCC3C(=O)O)c2c1-c1ccc(Br)cc1. The number of thiophene rings is 1. The lowest BCUT2D eigenvalue weighted by Crippen LogP contribution is -2.36. The van der Waals surface area contributed by atoms with Crippen molar-refractivity contribution in [2.75, 3.05) is 11.4 Å². The first-order chi connectivity index (χ1) is 12.5. The number of halogens is 2. The summed E-state index contributed by atoms with van der Waals surface area (Å²) in [5.41, 5.74) is 2.09. The monoisotopic (exact) mass is 451 g/mol. The van der Waals surface area contributed by atoms with Crippen molar-refractivity contribution in [1.82, 2.24) is 9.97 Å². The second kappa shape index (κ2) is 6.79. The highest BCUT2D eigenvalue weighted by atomic mass is 79.9. The Morgan fingerprint density at radius 3 is 2.77 bits per heavy atom. The summed E-state index contributed by atoms with van der Waals surface area (Å²) in [4.78, 5) is 24.3. The van der Waals surface area contributed by atoms with E-state index in [0.717, 1.165) is 37.1 Å². The number of rotatable bonds is 3. The normalized spacial score (nSPS) is 17.2. The van der Waals surface area contributed by atoms with E-state index in [1.165, 1.54) is 0 Å². The van der Waals surface area contributed by atoms with E-state index in [1.807, 2.05) is 36.1 Å². The number of aliphatic carboxylic acids is 1. The quantitative estimate of drug-likeness (QED) is 0.558. The molecule has 1 aromatic carbocycles. The molecule has 1 N–H and O–H groups in total. The molecule has 2 aromatic heterocycles. The zero-order chi connectivity index (χ0) is 18.4. The molecule has 1 atom stereocenters. The largest absolute Gasteiger partial charge is 0.480 e. The fourth-order valence-corrected chi connectivity index (χ4v) is 5.04. The van der Waals surface area contributed by atoms with Gasteiger partial charge in [0.1, 0.15) is 16.7 Å². The molecule has 3 heterocycles. The third-order valence-electron chi connectivity index (χ3n) is 4.62. The summed E-state index contributed by atoms with van der Waals surface area (Å²) in [5.74, 6) is -0.213. The Bertz CT molecular complexity index is 1010. The van der Waals surface area contributed by atoms with Gasteiger partial charge in [-0.2, -0.15) is 4.98 Å². The predicted molar refractivity (Wildman–Crippen MR) is 108 cm³/mol. The van der Waals surface area contributed by atoms with Crippen molar-refractivity contribution in [2.24, 2.45) is 0 Å². The van der Waals surface area contributed by atoms with Gasteiger partial charge >= 0.3 is 5.97 Å². The molecule has 1 saturated heterocycles. The van der Waals surface area contributed by atoms with Gasteiger partial charge in [-0.15, -0.1) is 11.3 Å². The van der Waals surface area contributed by atoms with E-state index < -0.39 is 12.0 Å². The van der Waals surface area contributed by atoms with E-state index in [4.69, 9.17) is 11.6 Å². The van der Waals surface area contributed by atoms with Crippen LogP contribution in [0.2, 0.25) is 5.28 Å². The second-order valence-corrected chi connectivity index (χ2v) is 8.68. The molecule has 0 bridgehead atoms. The lowest BCUT2D eigenvalue weighted by Gasteiger charge is -2.23. The van der Waals surface area contributed by atoms with Crippen LogP contribution < -0.4 is 4.90 Å². The van der Waals surface area contributed by atoms with Gasteiger partial charge in [-0.3, -0.25) is 0 Å². The highest BCUT2D eigenvalue weighted by Crippen LogP contribution is 2.43. The second-order valence-electron chi connectivity index (χ2n) is 6.23. The standard InChI is InChI=1S/C18H15BrClN3O2S/c1-9-13(10-4-6-11(19)7-5-10)14-15(21-18(20)22-16(14)26-9)23-8-2-3-12(23)17(24)25/h4-7,12H,2-3,8H2,1H3,(H,24,25). The minimum absolute atomic E-state index is 0.146. The van der Waals surface area contributed by atoms with Crippen LogP contribution >= 0.6 is 38.9 Å². The molecule has 0 spiro atoms. The summed E-state index contributed by atoms with van der Waals surface area (Å²) >= 11 is 11.2. The molecule has 3 aromatic rings. The molecule has 5 nitrogen and oxygen atoms in total. The fraction of sp³-hybridized carbons (Fsp3) is 0.278. The van der Waals surface area contributed by atoms with Crippen LogP contribution in [0.15, 0.2) is 28.7 Å². The highest BCUT2D eigenvalue weighted by Gasteiger charge is 2.34. The van der Waals surface area contributed by atoms with Crippen molar-refractivity contribution in [3.63, 3.8) is 0 Å². The number of fused-ring (bicyclic) bond motifs is 1. The van der Waals surface area contributed by atoms with Crippen LogP contribution in [0, 0.1) is 6.92 Å². The number of hydrogen-bond donors (Lipinski definition) is 1. The van der Waals surface area contributed by atoms with Gasteiger partial charge in [0, 0.05) is 21.5 Å². The van der Waals surface area contributed by atoms with Gasteiger partial charge in [0.15, 0.2) is 0 Å². The summed E-state index contributed by atoms with van der Waals surface area (Å²) in [7, 11) is 0. The molecule has 0 radical (unpaired) electrons. The van der Waals surface area contributed by atoms with Crippen LogP contribution in [0.4, 0.5) is 5.82 Å². The zero-order valence-corrected chi connectivity index (χ0v) is 17.0. The van der Waals surface area contributed by atoms with Gasteiger partial charge in [0.05, 0.1) is 5.39 Å². The van der Waals surface area contributed by atoms with Crippen molar-refractivity contribution in [3.8, 4) is 11.1 Å². The Labute approximate surface area is 167 Å². The molecule has 1 aliphatic heterocycles. The lowest BCUT2D eigenvalue weighted by atomic mass is 10.0. The maximum atomic E-state index is 11.7. The summed E-state index contributed by atoms with van der Waals surface area (Å²) in [6.07, 6.45) is 1.42. The van der Waals surface area contributed by atoms with Crippen LogP contribution in [-0.2, 0) is 4.79 Å². The first-order valence-electron chi connectivity index (χ1n) is 8.17.